The van der Waals surface area contributed by atoms with E-state index in [0.29, 0.717) is 11.6 Å². The molecule has 2 aromatic rings. The van der Waals surface area contributed by atoms with Crippen molar-refractivity contribution < 1.29 is 0 Å². The van der Waals surface area contributed by atoms with E-state index in [2.05, 4.69) is 34.6 Å². The van der Waals surface area contributed by atoms with Gasteiger partial charge >= 0.3 is 0 Å². The molecule has 0 unspecified atom stereocenters. The van der Waals surface area contributed by atoms with E-state index in [1.807, 2.05) is 12.1 Å². The number of benzene rings is 1. The summed E-state index contributed by atoms with van der Waals surface area (Å²) >= 11 is 0. The van der Waals surface area contributed by atoms with Gasteiger partial charge in [-0.05, 0) is 42.5 Å². The molecule has 3 heteroatoms. The molecule has 1 saturated carbocycles. The van der Waals surface area contributed by atoms with E-state index >= 15 is 0 Å². The summed E-state index contributed by atoms with van der Waals surface area (Å²) in [5.74, 6) is 1.53. The molecule has 0 aliphatic heterocycles. The Labute approximate surface area is 120 Å². The monoisotopic (exact) mass is 267 g/mol. The number of nitrogens with one attached hydrogen (secondary N) is 1. The maximum absolute atomic E-state index is 5.68. The molecule has 1 aliphatic rings. The van der Waals surface area contributed by atoms with Crippen LogP contribution in [-0.4, -0.2) is 4.98 Å². The second kappa shape index (κ2) is 5.95. The minimum atomic E-state index is 0.682. The molecule has 0 atom stereocenters. The molecule has 1 aliphatic carbocycles. The Morgan fingerprint density at radius 3 is 2.55 bits per heavy atom. The Hall–Kier alpha value is -2.03. The van der Waals surface area contributed by atoms with Crippen molar-refractivity contribution in [3.63, 3.8) is 0 Å². The minimum Gasteiger partial charge on any atom is -0.397 e. The molecule has 1 heterocycles. The number of para-hydroxylation sites is 1. The lowest BCUT2D eigenvalue weighted by atomic mass is 9.83. The highest BCUT2D eigenvalue weighted by molar-refractivity contribution is 5.62. The average molecular weight is 267 g/mol. The van der Waals surface area contributed by atoms with Crippen LogP contribution in [-0.2, 0) is 0 Å². The van der Waals surface area contributed by atoms with Gasteiger partial charge in [-0.15, -0.1) is 0 Å². The quantitative estimate of drug-likeness (QED) is 0.863. The molecule has 20 heavy (non-hydrogen) atoms. The Balaban J connectivity index is 1.83. The number of pyridine rings is 1. The fourth-order valence-corrected chi connectivity index (χ4v) is 3.00. The fraction of sp³-hybridized carbons (Fsp3) is 0.353. The first-order valence-electron chi connectivity index (χ1n) is 7.40. The molecule has 0 radical (unpaired) electrons. The van der Waals surface area contributed by atoms with Crippen LogP contribution < -0.4 is 11.1 Å². The minimum absolute atomic E-state index is 0.682. The topological polar surface area (TPSA) is 50.9 Å². The smallest absolute Gasteiger partial charge is 0.130 e. The third-order valence-electron chi connectivity index (χ3n) is 4.05. The molecule has 0 amide bonds. The SMILES string of the molecule is Nc1ccc(Nc2ccccc2C2CCCCC2)nc1. The maximum atomic E-state index is 5.68. The van der Waals surface area contributed by atoms with Gasteiger partial charge in [-0.1, -0.05) is 37.5 Å². The van der Waals surface area contributed by atoms with Crippen molar-refractivity contribution in [2.75, 3.05) is 11.1 Å². The fourth-order valence-electron chi connectivity index (χ4n) is 3.00. The van der Waals surface area contributed by atoms with E-state index in [-0.39, 0.29) is 0 Å². The van der Waals surface area contributed by atoms with E-state index in [1.54, 1.807) is 6.20 Å². The average Bonchev–Trinajstić information content (AvgIpc) is 2.51. The summed E-state index contributed by atoms with van der Waals surface area (Å²) in [6.07, 6.45) is 8.36. The number of hydrogen-bond acceptors (Lipinski definition) is 3. The second-order valence-electron chi connectivity index (χ2n) is 5.52. The summed E-state index contributed by atoms with van der Waals surface area (Å²) in [5.41, 5.74) is 8.97. The highest BCUT2D eigenvalue weighted by Gasteiger charge is 2.18. The van der Waals surface area contributed by atoms with Gasteiger partial charge in [0, 0.05) is 5.69 Å². The first-order chi connectivity index (χ1) is 9.83. The van der Waals surface area contributed by atoms with E-state index in [4.69, 9.17) is 5.73 Å². The first kappa shape index (κ1) is 13.0. The molecule has 0 bridgehead atoms. The van der Waals surface area contributed by atoms with Crippen LogP contribution in [0.15, 0.2) is 42.6 Å². The van der Waals surface area contributed by atoms with Crippen molar-refractivity contribution in [3.8, 4) is 0 Å². The van der Waals surface area contributed by atoms with Crippen molar-refractivity contribution in [2.45, 2.75) is 38.0 Å². The maximum Gasteiger partial charge on any atom is 0.130 e. The number of anilines is 3. The number of aromatic nitrogens is 1. The van der Waals surface area contributed by atoms with Gasteiger partial charge < -0.3 is 11.1 Å². The highest BCUT2D eigenvalue weighted by Crippen LogP contribution is 2.37. The van der Waals surface area contributed by atoms with Gasteiger partial charge in [-0.2, -0.15) is 0 Å². The summed E-state index contributed by atoms with van der Waals surface area (Å²) in [6, 6.07) is 12.4. The number of nitrogens with two attached hydrogens (primary N) is 1. The predicted octanol–water partition coefficient (Wildman–Crippen LogP) is 4.46. The van der Waals surface area contributed by atoms with Crippen molar-refractivity contribution >= 4 is 17.2 Å². The molecule has 1 aromatic carbocycles. The molecular weight excluding hydrogens is 246 g/mol. The number of rotatable bonds is 3. The zero-order valence-corrected chi connectivity index (χ0v) is 11.7. The van der Waals surface area contributed by atoms with E-state index in [0.717, 1.165) is 5.82 Å². The highest BCUT2D eigenvalue weighted by atomic mass is 15.0. The lowest BCUT2D eigenvalue weighted by molar-refractivity contribution is 0.444. The lowest BCUT2D eigenvalue weighted by Gasteiger charge is -2.24. The zero-order chi connectivity index (χ0) is 13.8. The predicted molar refractivity (Wildman–Crippen MR) is 84.2 cm³/mol. The van der Waals surface area contributed by atoms with Gasteiger partial charge in [-0.3, -0.25) is 0 Å². The molecule has 0 saturated heterocycles. The van der Waals surface area contributed by atoms with Crippen LogP contribution in [0.2, 0.25) is 0 Å². The van der Waals surface area contributed by atoms with Crippen LogP contribution in [0, 0.1) is 0 Å². The second-order valence-corrected chi connectivity index (χ2v) is 5.52. The zero-order valence-electron chi connectivity index (χ0n) is 11.7. The van der Waals surface area contributed by atoms with E-state index < -0.39 is 0 Å². The molecule has 1 aromatic heterocycles. The normalized spacial score (nSPS) is 16.0. The van der Waals surface area contributed by atoms with Crippen molar-refractivity contribution in [1.82, 2.24) is 4.98 Å². The van der Waals surface area contributed by atoms with Gasteiger partial charge in [0.2, 0.25) is 0 Å². The number of hydrogen-bond donors (Lipinski definition) is 2. The van der Waals surface area contributed by atoms with Crippen LogP contribution in [0.5, 0.6) is 0 Å². The van der Waals surface area contributed by atoms with Crippen LogP contribution in [0.4, 0.5) is 17.2 Å². The van der Waals surface area contributed by atoms with Gasteiger partial charge in [0.15, 0.2) is 0 Å². The molecular formula is C17H21N3. The number of nitrogen functional groups attached to an aromatic ring is 1. The van der Waals surface area contributed by atoms with Gasteiger partial charge in [0.05, 0.1) is 11.9 Å². The third-order valence-corrected chi connectivity index (χ3v) is 4.05. The van der Waals surface area contributed by atoms with Crippen LogP contribution >= 0.6 is 0 Å². The van der Waals surface area contributed by atoms with Crippen LogP contribution in [0.1, 0.15) is 43.6 Å². The largest absolute Gasteiger partial charge is 0.397 e. The Morgan fingerprint density at radius 2 is 1.80 bits per heavy atom. The van der Waals surface area contributed by atoms with Crippen LogP contribution in [0.3, 0.4) is 0 Å². The van der Waals surface area contributed by atoms with Crippen molar-refractivity contribution in [3.05, 3.63) is 48.2 Å². The summed E-state index contributed by atoms with van der Waals surface area (Å²) in [4.78, 5) is 4.32. The van der Waals surface area contributed by atoms with Crippen molar-refractivity contribution in [1.29, 1.82) is 0 Å². The lowest BCUT2D eigenvalue weighted by Crippen LogP contribution is -2.07. The molecule has 0 spiro atoms. The van der Waals surface area contributed by atoms with Crippen LogP contribution in [0.25, 0.3) is 0 Å². The van der Waals surface area contributed by atoms with Gasteiger partial charge in [-0.25, -0.2) is 4.98 Å². The van der Waals surface area contributed by atoms with Gasteiger partial charge in [0.1, 0.15) is 5.82 Å². The standard InChI is InChI=1S/C17H21N3/c18-14-10-11-17(19-12-14)20-16-9-5-4-8-15(16)13-6-2-1-3-7-13/h4-5,8-13H,1-3,6-7,18H2,(H,19,20). The van der Waals surface area contributed by atoms with Crippen molar-refractivity contribution in [2.24, 2.45) is 0 Å². The Kier molecular flexibility index (Phi) is 3.86. The molecule has 3 rings (SSSR count). The summed E-state index contributed by atoms with van der Waals surface area (Å²) < 4.78 is 0. The Morgan fingerprint density at radius 1 is 1.00 bits per heavy atom. The first-order valence-corrected chi connectivity index (χ1v) is 7.40. The van der Waals surface area contributed by atoms with Gasteiger partial charge in [0.25, 0.3) is 0 Å². The van der Waals surface area contributed by atoms with E-state index in [9.17, 15) is 0 Å². The molecule has 104 valence electrons. The number of nitrogens with zero attached hydrogens (tertiary/aromatic N) is 1. The molecule has 1 fully saturated rings. The summed E-state index contributed by atoms with van der Waals surface area (Å²) in [7, 11) is 0. The molecule has 3 nitrogen and oxygen atoms in total. The summed E-state index contributed by atoms with van der Waals surface area (Å²) in [6.45, 7) is 0. The van der Waals surface area contributed by atoms with E-state index in [1.165, 1.54) is 43.4 Å². The summed E-state index contributed by atoms with van der Waals surface area (Å²) in [5, 5.41) is 3.43. The third kappa shape index (κ3) is 2.93. The molecule has 3 N–H and O–H groups in total. The Bertz CT molecular complexity index is 557.